The summed E-state index contributed by atoms with van der Waals surface area (Å²) in [6, 6.07) is 4.79. The number of carbonyl (C=O) groups is 1. The van der Waals surface area contributed by atoms with E-state index in [1.165, 1.54) is 14.2 Å². The standard InChI is InChI=1S/C11H14O4/c1-7(12)9-5-4-8(11(13)15-3)6-10(9)14-2/h4-7,12H,1-3H3. The highest BCUT2D eigenvalue weighted by atomic mass is 16.5. The third-order valence-corrected chi connectivity index (χ3v) is 2.10. The molecule has 0 radical (unpaired) electrons. The molecule has 0 aliphatic heterocycles. The molecule has 4 heteroatoms. The number of methoxy groups -OCH3 is 2. The van der Waals surface area contributed by atoms with E-state index < -0.39 is 12.1 Å². The molecule has 0 bridgehead atoms. The summed E-state index contributed by atoms with van der Waals surface area (Å²) in [4.78, 5) is 11.2. The summed E-state index contributed by atoms with van der Waals surface area (Å²) in [5.41, 5.74) is 1.05. The van der Waals surface area contributed by atoms with Crippen LogP contribution < -0.4 is 4.74 Å². The minimum Gasteiger partial charge on any atom is -0.496 e. The van der Waals surface area contributed by atoms with Crippen LogP contribution in [-0.2, 0) is 4.74 Å². The van der Waals surface area contributed by atoms with E-state index in [1.807, 2.05) is 0 Å². The normalized spacial score (nSPS) is 12.0. The van der Waals surface area contributed by atoms with E-state index >= 15 is 0 Å². The van der Waals surface area contributed by atoms with E-state index in [1.54, 1.807) is 25.1 Å². The maximum Gasteiger partial charge on any atom is 0.337 e. The summed E-state index contributed by atoms with van der Waals surface area (Å²) in [6.07, 6.45) is -0.633. The molecule has 1 aromatic rings. The van der Waals surface area contributed by atoms with Gasteiger partial charge < -0.3 is 14.6 Å². The summed E-state index contributed by atoms with van der Waals surface area (Å²) in [6.45, 7) is 1.63. The lowest BCUT2D eigenvalue weighted by Crippen LogP contribution is -2.03. The molecular weight excluding hydrogens is 196 g/mol. The molecule has 0 saturated heterocycles. The van der Waals surface area contributed by atoms with Gasteiger partial charge in [0.15, 0.2) is 0 Å². The van der Waals surface area contributed by atoms with Crippen molar-refractivity contribution in [1.82, 2.24) is 0 Å². The fourth-order valence-corrected chi connectivity index (χ4v) is 1.30. The molecule has 0 aromatic heterocycles. The second-order valence-corrected chi connectivity index (χ2v) is 3.12. The van der Waals surface area contributed by atoms with Crippen molar-refractivity contribution >= 4 is 5.97 Å². The molecule has 0 fully saturated rings. The van der Waals surface area contributed by atoms with Crippen LogP contribution in [-0.4, -0.2) is 25.3 Å². The predicted molar refractivity (Wildman–Crippen MR) is 55.0 cm³/mol. The largest absolute Gasteiger partial charge is 0.496 e. The van der Waals surface area contributed by atoms with Gasteiger partial charge in [0.2, 0.25) is 0 Å². The Morgan fingerprint density at radius 1 is 1.40 bits per heavy atom. The van der Waals surface area contributed by atoms with Gasteiger partial charge in [-0.25, -0.2) is 4.79 Å². The number of hydrogen-bond donors (Lipinski definition) is 1. The van der Waals surface area contributed by atoms with Gasteiger partial charge in [0, 0.05) is 5.56 Å². The summed E-state index contributed by atoms with van der Waals surface area (Å²) in [7, 11) is 2.81. The molecule has 0 heterocycles. The quantitative estimate of drug-likeness (QED) is 0.769. The van der Waals surface area contributed by atoms with Crippen molar-refractivity contribution in [3.05, 3.63) is 29.3 Å². The number of hydrogen-bond acceptors (Lipinski definition) is 4. The van der Waals surface area contributed by atoms with Crippen molar-refractivity contribution in [1.29, 1.82) is 0 Å². The molecule has 0 aliphatic carbocycles. The molecule has 0 spiro atoms. The first-order chi connectivity index (χ1) is 7.10. The lowest BCUT2D eigenvalue weighted by Gasteiger charge is -2.11. The van der Waals surface area contributed by atoms with Crippen LogP contribution in [0.25, 0.3) is 0 Å². The molecule has 1 unspecified atom stereocenters. The summed E-state index contributed by atoms with van der Waals surface area (Å²) in [5.74, 6) is 0.0540. The zero-order valence-electron chi connectivity index (χ0n) is 8.98. The van der Waals surface area contributed by atoms with E-state index in [0.29, 0.717) is 16.9 Å². The lowest BCUT2D eigenvalue weighted by atomic mass is 10.1. The Labute approximate surface area is 88.4 Å². The van der Waals surface area contributed by atoms with Crippen LogP contribution in [0.15, 0.2) is 18.2 Å². The maximum atomic E-state index is 11.2. The molecule has 4 nitrogen and oxygen atoms in total. The molecule has 1 aromatic carbocycles. The monoisotopic (exact) mass is 210 g/mol. The van der Waals surface area contributed by atoms with Gasteiger partial charge in [-0.15, -0.1) is 0 Å². The molecule has 1 rings (SSSR count). The number of carbonyl (C=O) groups excluding carboxylic acids is 1. The van der Waals surface area contributed by atoms with Crippen molar-refractivity contribution in [3.63, 3.8) is 0 Å². The van der Waals surface area contributed by atoms with E-state index in [9.17, 15) is 9.90 Å². The second-order valence-electron chi connectivity index (χ2n) is 3.12. The number of aliphatic hydroxyl groups excluding tert-OH is 1. The van der Waals surface area contributed by atoms with Crippen molar-refractivity contribution in [2.75, 3.05) is 14.2 Å². The SMILES string of the molecule is COC(=O)c1ccc(C(C)O)c(OC)c1. The number of esters is 1. The number of ether oxygens (including phenoxy) is 2. The van der Waals surface area contributed by atoms with E-state index in [2.05, 4.69) is 4.74 Å². The van der Waals surface area contributed by atoms with E-state index in [0.717, 1.165) is 0 Å². The molecular formula is C11H14O4. The van der Waals surface area contributed by atoms with Crippen LogP contribution in [0, 0.1) is 0 Å². The Morgan fingerprint density at radius 2 is 2.07 bits per heavy atom. The third kappa shape index (κ3) is 2.47. The first kappa shape index (κ1) is 11.5. The van der Waals surface area contributed by atoms with Gasteiger partial charge in [0.05, 0.1) is 25.9 Å². The molecule has 82 valence electrons. The van der Waals surface area contributed by atoms with Gasteiger partial charge >= 0.3 is 5.97 Å². The molecule has 0 amide bonds. The second kappa shape index (κ2) is 4.79. The van der Waals surface area contributed by atoms with Gasteiger partial charge in [-0.2, -0.15) is 0 Å². The first-order valence-corrected chi connectivity index (χ1v) is 4.54. The van der Waals surface area contributed by atoms with Crippen molar-refractivity contribution in [2.45, 2.75) is 13.0 Å². The Morgan fingerprint density at radius 3 is 2.53 bits per heavy atom. The molecule has 0 saturated carbocycles. The third-order valence-electron chi connectivity index (χ3n) is 2.10. The topological polar surface area (TPSA) is 55.8 Å². The van der Waals surface area contributed by atoms with Crippen molar-refractivity contribution < 1.29 is 19.4 Å². The number of aliphatic hydroxyl groups is 1. The number of rotatable bonds is 3. The van der Waals surface area contributed by atoms with Crippen molar-refractivity contribution in [3.8, 4) is 5.75 Å². The minimum atomic E-state index is -0.633. The Balaban J connectivity index is 3.13. The van der Waals surface area contributed by atoms with Gasteiger partial charge in [0.1, 0.15) is 5.75 Å². The van der Waals surface area contributed by atoms with Crippen LogP contribution in [0.5, 0.6) is 5.75 Å². The van der Waals surface area contributed by atoms with Crippen LogP contribution >= 0.6 is 0 Å². The summed E-state index contributed by atoms with van der Waals surface area (Å²) < 4.78 is 9.65. The fourth-order valence-electron chi connectivity index (χ4n) is 1.30. The fraction of sp³-hybridized carbons (Fsp3) is 0.364. The summed E-state index contributed by atoms with van der Waals surface area (Å²) in [5, 5.41) is 9.43. The molecule has 0 aliphatic rings. The van der Waals surface area contributed by atoms with E-state index in [4.69, 9.17) is 4.74 Å². The highest BCUT2D eigenvalue weighted by Crippen LogP contribution is 2.26. The smallest absolute Gasteiger partial charge is 0.337 e. The Kier molecular flexibility index (Phi) is 3.68. The van der Waals surface area contributed by atoms with Crippen LogP contribution in [0.3, 0.4) is 0 Å². The predicted octanol–water partition coefficient (Wildman–Crippen LogP) is 1.54. The molecule has 1 N–H and O–H groups in total. The highest BCUT2D eigenvalue weighted by molar-refractivity contribution is 5.89. The zero-order valence-corrected chi connectivity index (χ0v) is 8.98. The van der Waals surface area contributed by atoms with Gasteiger partial charge in [0.25, 0.3) is 0 Å². The minimum absolute atomic E-state index is 0.402. The molecule has 15 heavy (non-hydrogen) atoms. The Hall–Kier alpha value is -1.55. The first-order valence-electron chi connectivity index (χ1n) is 4.54. The van der Waals surface area contributed by atoms with Crippen LogP contribution in [0.4, 0.5) is 0 Å². The lowest BCUT2D eigenvalue weighted by molar-refractivity contribution is 0.0600. The van der Waals surface area contributed by atoms with Gasteiger partial charge in [-0.05, 0) is 19.1 Å². The van der Waals surface area contributed by atoms with Crippen molar-refractivity contribution in [2.24, 2.45) is 0 Å². The van der Waals surface area contributed by atoms with Gasteiger partial charge in [-0.3, -0.25) is 0 Å². The zero-order chi connectivity index (χ0) is 11.4. The highest BCUT2D eigenvalue weighted by Gasteiger charge is 2.12. The van der Waals surface area contributed by atoms with Crippen LogP contribution in [0.2, 0.25) is 0 Å². The average Bonchev–Trinajstić information content (AvgIpc) is 2.26. The average molecular weight is 210 g/mol. The summed E-state index contributed by atoms with van der Waals surface area (Å²) >= 11 is 0. The Bertz CT molecular complexity index is 358. The maximum absolute atomic E-state index is 11.2. The van der Waals surface area contributed by atoms with E-state index in [-0.39, 0.29) is 0 Å². The molecule has 1 atom stereocenters. The van der Waals surface area contributed by atoms with Gasteiger partial charge in [-0.1, -0.05) is 6.07 Å². The van der Waals surface area contributed by atoms with Crippen LogP contribution in [0.1, 0.15) is 28.9 Å². The number of benzene rings is 1.